The van der Waals surface area contributed by atoms with Crippen LogP contribution < -0.4 is 10.6 Å². The molecule has 3 N–H and O–H groups in total. The molecule has 0 radical (unpaired) electrons. The van der Waals surface area contributed by atoms with Gasteiger partial charge in [0.15, 0.2) is 0 Å². The van der Waals surface area contributed by atoms with Gasteiger partial charge in [0.1, 0.15) is 5.56 Å². The number of aromatic nitrogens is 2. The number of carbonyl (C=O) groups excluding carboxylic acids is 1. The lowest BCUT2D eigenvalue weighted by atomic mass is 9.92. The summed E-state index contributed by atoms with van der Waals surface area (Å²) in [5.41, 5.74) is 0.199. The van der Waals surface area contributed by atoms with E-state index < -0.39 is 11.4 Å². The number of aromatic carboxylic acids is 1. The number of carboxylic acids is 1. The lowest BCUT2D eigenvalue weighted by molar-refractivity contribution is -0.128. The van der Waals surface area contributed by atoms with E-state index in [0.29, 0.717) is 18.8 Å². The molecule has 0 fully saturated rings. The van der Waals surface area contributed by atoms with Crippen LogP contribution in [-0.4, -0.2) is 40.4 Å². The molecule has 0 bridgehead atoms. The quantitative estimate of drug-likeness (QED) is 0.674. The summed E-state index contributed by atoms with van der Waals surface area (Å²) >= 11 is 0. The highest BCUT2D eigenvalue weighted by Gasteiger charge is 2.26. The van der Waals surface area contributed by atoms with E-state index in [-0.39, 0.29) is 11.5 Å². The fraction of sp³-hybridized carbons (Fsp3) is 0.583. The zero-order chi connectivity index (χ0) is 14.6. The Morgan fingerprint density at radius 2 is 2.11 bits per heavy atom. The van der Waals surface area contributed by atoms with Crippen molar-refractivity contribution in [2.24, 2.45) is 12.5 Å². The van der Waals surface area contributed by atoms with Crippen molar-refractivity contribution >= 4 is 11.9 Å². The second-order valence-corrected chi connectivity index (χ2v) is 5.00. The predicted molar refractivity (Wildman–Crippen MR) is 69.7 cm³/mol. The third-order valence-electron chi connectivity index (χ3n) is 2.99. The first-order valence-electron chi connectivity index (χ1n) is 5.96. The Balaban J connectivity index is 2.66. The van der Waals surface area contributed by atoms with Crippen molar-refractivity contribution in [1.82, 2.24) is 20.4 Å². The van der Waals surface area contributed by atoms with Crippen LogP contribution in [0.4, 0.5) is 0 Å². The number of amides is 1. The van der Waals surface area contributed by atoms with Gasteiger partial charge in [0.25, 0.3) is 0 Å². The lowest BCUT2D eigenvalue weighted by Crippen LogP contribution is -2.42. The van der Waals surface area contributed by atoms with Gasteiger partial charge >= 0.3 is 5.97 Å². The van der Waals surface area contributed by atoms with Crippen molar-refractivity contribution in [3.63, 3.8) is 0 Å². The van der Waals surface area contributed by atoms with E-state index in [1.165, 1.54) is 10.9 Å². The van der Waals surface area contributed by atoms with Crippen LogP contribution in [0.15, 0.2) is 6.20 Å². The number of nitrogens with one attached hydrogen (secondary N) is 2. The molecule has 1 amide bonds. The highest BCUT2D eigenvalue weighted by atomic mass is 16.4. The van der Waals surface area contributed by atoms with Gasteiger partial charge in [-0.25, -0.2) is 4.79 Å². The van der Waals surface area contributed by atoms with E-state index in [2.05, 4.69) is 15.7 Å². The van der Waals surface area contributed by atoms with E-state index in [1.54, 1.807) is 14.1 Å². The van der Waals surface area contributed by atoms with Crippen LogP contribution in [-0.2, 0) is 18.4 Å². The summed E-state index contributed by atoms with van der Waals surface area (Å²) in [6.45, 7) is 4.43. The van der Waals surface area contributed by atoms with Gasteiger partial charge in [-0.15, -0.1) is 0 Å². The molecule has 0 aliphatic carbocycles. The summed E-state index contributed by atoms with van der Waals surface area (Å²) in [6, 6.07) is 0. The average Bonchev–Trinajstić information content (AvgIpc) is 2.70. The molecule has 0 saturated heterocycles. The molecular weight excluding hydrogens is 248 g/mol. The molecule has 0 unspecified atom stereocenters. The third kappa shape index (κ3) is 3.54. The van der Waals surface area contributed by atoms with Crippen molar-refractivity contribution in [2.75, 3.05) is 13.6 Å². The summed E-state index contributed by atoms with van der Waals surface area (Å²) in [7, 11) is 3.28. The van der Waals surface area contributed by atoms with Gasteiger partial charge in [0.2, 0.25) is 5.91 Å². The van der Waals surface area contributed by atoms with Gasteiger partial charge in [0.05, 0.1) is 17.3 Å². The first-order chi connectivity index (χ1) is 8.79. The molecule has 0 aromatic carbocycles. The zero-order valence-corrected chi connectivity index (χ0v) is 11.6. The minimum Gasteiger partial charge on any atom is -0.478 e. The monoisotopic (exact) mass is 268 g/mol. The molecule has 19 heavy (non-hydrogen) atoms. The number of hydrogen-bond donors (Lipinski definition) is 3. The normalized spacial score (nSPS) is 11.4. The summed E-state index contributed by atoms with van der Waals surface area (Å²) in [5, 5.41) is 18.6. The molecule has 1 aromatic heterocycles. The van der Waals surface area contributed by atoms with Crippen LogP contribution >= 0.6 is 0 Å². The molecule has 0 atom stereocenters. The van der Waals surface area contributed by atoms with Gasteiger partial charge in [0, 0.05) is 27.2 Å². The van der Waals surface area contributed by atoms with E-state index in [9.17, 15) is 9.59 Å². The molecule has 106 valence electrons. The first-order valence-corrected chi connectivity index (χ1v) is 5.96. The molecule has 7 heteroatoms. The maximum Gasteiger partial charge on any atom is 0.339 e. The minimum atomic E-state index is -1.00. The van der Waals surface area contributed by atoms with Crippen LogP contribution in [0.5, 0.6) is 0 Å². The van der Waals surface area contributed by atoms with Crippen molar-refractivity contribution in [1.29, 1.82) is 0 Å². The number of carboxylic acid groups (broad SMARTS) is 1. The van der Waals surface area contributed by atoms with Crippen LogP contribution in [0.25, 0.3) is 0 Å². The van der Waals surface area contributed by atoms with Gasteiger partial charge in [-0.1, -0.05) is 0 Å². The van der Waals surface area contributed by atoms with Gasteiger partial charge in [-0.2, -0.15) is 5.10 Å². The highest BCUT2D eigenvalue weighted by Crippen LogP contribution is 2.14. The largest absolute Gasteiger partial charge is 0.478 e. The number of carbonyl (C=O) groups is 2. The fourth-order valence-electron chi connectivity index (χ4n) is 1.76. The lowest BCUT2D eigenvalue weighted by Gasteiger charge is -2.23. The molecule has 0 spiro atoms. The number of hydrogen-bond acceptors (Lipinski definition) is 4. The Kier molecular flexibility index (Phi) is 4.66. The molecule has 0 saturated carbocycles. The smallest absolute Gasteiger partial charge is 0.339 e. The van der Waals surface area contributed by atoms with Gasteiger partial charge < -0.3 is 15.7 Å². The SMILES string of the molecule is CNC(=O)C(C)(C)CNCc1c(C(=O)O)cnn1C. The summed E-state index contributed by atoms with van der Waals surface area (Å²) in [4.78, 5) is 22.6. The van der Waals surface area contributed by atoms with E-state index in [1.807, 2.05) is 13.8 Å². The molecule has 0 aliphatic rings. The second kappa shape index (κ2) is 5.83. The molecule has 7 nitrogen and oxygen atoms in total. The highest BCUT2D eigenvalue weighted by molar-refractivity contribution is 5.88. The van der Waals surface area contributed by atoms with Crippen LogP contribution in [0.2, 0.25) is 0 Å². The average molecular weight is 268 g/mol. The summed E-state index contributed by atoms with van der Waals surface area (Å²) < 4.78 is 1.52. The summed E-state index contributed by atoms with van der Waals surface area (Å²) in [5.74, 6) is -1.07. The minimum absolute atomic E-state index is 0.0662. The maximum atomic E-state index is 11.6. The number of aryl methyl sites for hydroxylation is 1. The molecule has 1 rings (SSSR count). The Morgan fingerprint density at radius 3 is 2.63 bits per heavy atom. The Morgan fingerprint density at radius 1 is 1.47 bits per heavy atom. The van der Waals surface area contributed by atoms with Crippen molar-refractivity contribution in [3.8, 4) is 0 Å². The van der Waals surface area contributed by atoms with Crippen LogP contribution in [0.1, 0.15) is 29.9 Å². The standard InChI is InChI=1S/C12H20N4O3/c1-12(2,11(19)13-3)7-14-6-9-8(10(17)18)5-15-16(9)4/h5,14H,6-7H2,1-4H3,(H,13,19)(H,17,18). The van der Waals surface area contributed by atoms with Crippen LogP contribution in [0.3, 0.4) is 0 Å². The third-order valence-corrected chi connectivity index (χ3v) is 2.99. The van der Waals surface area contributed by atoms with Crippen molar-refractivity contribution < 1.29 is 14.7 Å². The predicted octanol–water partition coefficient (Wildman–Crippen LogP) is -0.0199. The van der Waals surface area contributed by atoms with Crippen molar-refractivity contribution in [2.45, 2.75) is 20.4 Å². The Labute approximate surface area is 112 Å². The zero-order valence-electron chi connectivity index (χ0n) is 11.6. The van der Waals surface area contributed by atoms with Crippen molar-refractivity contribution in [3.05, 3.63) is 17.5 Å². The van der Waals surface area contributed by atoms with E-state index in [4.69, 9.17) is 5.11 Å². The van der Waals surface area contributed by atoms with Crippen LogP contribution in [0, 0.1) is 5.41 Å². The second-order valence-electron chi connectivity index (χ2n) is 5.00. The van der Waals surface area contributed by atoms with E-state index >= 15 is 0 Å². The molecule has 0 aliphatic heterocycles. The fourth-order valence-corrected chi connectivity index (χ4v) is 1.76. The van der Waals surface area contributed by atoms with Gasteiger partial charge in [-0.3, -0.25) is 9.48 Å². The topological polar surface area (TPSA) is 96.2 Å². The molecular formula is C12H20N4O3. The molecule has 1 heterocycles. The Bertz CT molecular complexity index is 479. The summed E-state index contributed by atoms with van der Waals surface area (Å²) in [6.07, 6.45) is 1.32. The Hall–Kier alpha value is -1.89. The number of nitrogens with zero attached hydrogens (tertiary/aromatic N) is 2. The number of rotatable bonds is 6. The first kappa shape index (κ1) is 15.2. The van der Waals surface area contributed by atoms with Gasteiger partial charge in [-0.05, 0) is 13.8 Å². The maximum absolute atomic E-state index is 11.6. The molecule has 1 aromatic rings. The van der Waals surface area contributed by atoms with E-state index in [0.717, 1.165) is 0 Å².